The van der Waals surface area contributed by atoms with Crippen LogP contribution in [0.2, 0.25) is 0 Å². The standard InChI is InChI=1S/C18H14N6O/c1-12(25)13-6-4-7-15(9-13)21-17-11-20-24-18(23-17)22-16-8-3-2-5-14(16)10-19/h2-9,11H,1H3,(H2,21,22,23,24). The first kappa shape index (κ1) is 16.1. The van der Waals surface area contributed by atoms with Gasteiger partial charge in [0.1, 0.15) is 6.07 Å². The number of nitriles is 1. The van der Waals surface area contributed by atoms with Crippen molar-refractivity contribution in [2.24, 2.45) is 0 Å². The molecule has 0 saturated carbocycles. The van der Waals surface area contributed by atoms with Crippen LogP contribution in [0.15, 0.2) is 54.7 Å². The maximum atomic E-state index is 11.5. The van der Waals surface area contributed by atoms with Crippen LogP contribution in [0.25, 0.3) is 0 Å². The molecular formula is C18H14N6O. The molecule has 0 saturated heterocycles. The number of anilines is 4. The van der Waals surface area contributed by atoms with Gasteiger partial charge in [-0.25, -0.2) is 0 Å². The zero-order valence-electron chi connectivity index (χ0n) is 13.4. The predicted molar refractivity (Wildman–Crippen MR) is 94.0 cm³/mol. The molecule has 0 unspecified atom stereocenters. The van der Waals surface area contributed by atoms with Crippen molar-refractivity contribution in [3.63, 3.8) is 0 Å². The van der Waals surface area contributed by atoms with E-state index >= 15 is 0 Å². The monoisotopic (exact) mass is 330 g/mol. The molecular weight excluding hydrogens is 316 g/mol. The number of Topliss-reactive ketones (excluding diaryl/α,β-unsaturated/α-hetero) is 1. The van der Waals surface area contributed by atoms with E-state index in [2.05, 4.69) is 31.9 Å². The number of ketones is 1. The van der Waals surface area contributed by atoms with Crippen molar-refractivity contribution in [3.8, 4) is 6.07 Å². The minimum Gasteiger partial charge on any atom is -0.339 e. The lowest BCUT2D eigenvalue weighted by atomic mass is 10.1. The van der Waals surface area contributed by atoms with Gasteiger partial charge in [0.25, 0.3) is 0 Å². The molecule has 0 fully saturated rings. The summed E-state index contributed by atoms with van der Waals surface area (Å²) in [4.78, 5) is 15.8. The Morgan fingerprint density at radius 1 is 1.12 bits per heavy atom. The highest BCUT2D eigenvalue weighted by Crippen LogP contribution is 2.20. The van der Waals surface area contributed by atoms with E-state index in [1.807, 2.05) is 12.1 Å². The summed E-state index contributed by atoms with van der Waals surface area (Å²) in [6.45, 7) is 1.51. The van der Waals surface area contributed by atoms with Gasteiger partial charge in [-0.2, -0.15) is 15.3 Å². The lowest BCUT2D eigenvalue weighted by Gasteiger charge is -2.09. The number of hydrogen-bond donors (Lipinski definition) is 2. The zero-order chi connectivity index (χ0) is 17.6. The molecule has 0 aliphatic rings. The van der Waals surface area contributed by atoms with Crippen molar-refractivity contribution in [2.45, 2.75) is 6.92 Å². The molecule has 3 aromatic rings. The Balaban J connectivity index is 1.81. The highest BCUT2D eigenvalue weighted by Gasteiger charge is 2.06. The SMILES string of the molecule is CC(=O)c1cccc(Nc2cnnc(Nc3ccccc3C#N)n2)c1. The summed E-state index contributed by atoms with van der Waals surface area (Å²) in [5.41, 5.74) is 2.41. The second-order valence-corrected chi connectivity index (χ2v) is 5.21. The lowest BCUT2D eigenvalue weighted by Crippen LogP contribution is -2.03. The fourth-order valence-electron chi connectivity index (χ4n) is 2.19. The van der Waals surface area contributed by atoms with Gasteiger partial charge in [0.05, 0.1) is 17.4 Å². The Kier molecular flexibility index (Phi) is 4.62. The average molecular weight is 330 g/mol. The number of carbonyl (C=O) groups excluding carboxylic acids is 1. The molecule has 7 nitrogen and oxygen atoms in total. The van der Waals surface area contributed by atoms with E-state index in [4.69, 9.17) is 5.26 Å². The summed E-state index contributed by atoms with van der Waals surface area (Å²) in [5, 5.41) is 23.0. The number of benzene rings is 2. The van der Waals surface area contributed by atoms with Crippen LogP contribution < -0.4 is 10.6 Å². The Labute approximate surface area is 144 Å². The molecule has 0 atom stereocenters. The highest BCUT2D eigenvalue weighted by atomic mass is 16.1. The molecule has 7 heteroatoms. The van der Waals surface area contributed by atoms with E-state index in [1.54, 1.807) is 36.4 Å². The summed E-state index contributed by atoms with van der Waals surface area (Å²) >= 11 is 0. The molecule has 0 bridgehead atoms. The molecule has 0 aliphatic carbocycles. The summed E-state index contributed by atoms with van der Waals surface area (Å²) < 4.78 is 0. The Bertz CT molecular complexity index is 964. The van der Waals surface area contributed by atoms with E-state index < -0.39 is 0 Å². The van der Waals surface area contributed by atoms with Gasteiger partial charge >= 0.3 is 0 Å². The van der Waals surface area contributed by atoms with Crippen molar-refractivity contribution < 1.29 is 4.79 Å². The number of carbonyl (C=O) groups is 1. The first-order valence-corrected chi connectivity index (χ1v) is 7.49. The van der Waals surface area contributed by atoms with E-state index in [-0.39, 0.29) is 11.7 Å². The van der Waals surface area contributed by atoms with Crippen molar-refractivity contribution in [2.75, 3.05) is 10.6 Å². The Morgan fingerprint density at radius 3 is 2.76 bits per heavy atom. The summed E-state index contributed by atoms with van der Waals surface area (Å²) in [7, 11) is 0. The normalized spacial score (nSPS) is 9.92. The van der Waals surface area contributed by atoms with Crippen LogP contribution in [-0.2, 0) is 0 Å². The summed E-state index contributed by atoms with van der Waals surface area (Å²) in [5.74, 6) is 0.711. The maximum absolute atomic E-state index is 11.5. The van der Waals surface area contributed by atoms with Crippen LogP contribution in [0.3, 0.4) is 0 Å². The minimum atomic E-state index is -0.0140. The van der Waals surface area contributed by atoms with Crippen LogP contribution in [-0.4, -0.2) is 21.0 Å². The molecule has 0 amide bonds. The van der Waals surface area contributed by atoms with Gasteiger partial charge in [0, 0.05) is 11.3 Å². The molecule has 0 spiro atoms. The van der Waals surface area contributed by atoms with Crippen LogP contribution in [0.4, 0.5) is 23.1 Å². The van der Waals surface area contributed by atoms with Gasteiger partial charge < -0.3 is 10.6 Å². The number of aromatic nitrogens is 3. The molecule has 0 radical (unpaired) electrons. The lowest BCUT2D eigenvalue weighted by molar-refractivity contribution is 0.101. The predicted octanol–water partition coefficient (Wildman–Crippen LogP) is 3.43. The van der Waals surface area contributed by atoms with Gasteiger partial charge in [0.2, 0.25) is 5.95 Å². The van der Waals surface area contributed by atoms with Crippen LogP contribution in [0, 0.1) is 11.3 Å². The third-order valence-corrected chi connectivity index (χ3v) is 3.39. The third-order valence-electron chi connectivity index (χ3n) is 3.39. The van der Waals surface area contributed by atoms with Gasteiger partial charge in [-0.3, -0.25) is 4.79 Å². The highest BCUT2D eigenvalue weighted by molar-refractivity contribution is 5.95. The van der Waals surface area contributed by atoms with Crippen molar-refractivity contribution >= 4 is 28.9 Å². The molecule has 1 aromatic heterocycles. The quantitative estimate of drug-likeness (QED) is 0.691. The van der Waals surface area contributed by atoms with Gasteiger partial charge in [-0.15, -0.1) is 5.10 Å². The second kappa shape index (κ2) is 7.19. The molecule has 0 aliphatic heterocycles. The van der Waals surface area contributed by atoms with Crippen molar-refractivity contribution in [1.82, 2.24) is 15.2 Å². The number of nitrogens with one attached hydrogen (secondary N) is 2. The smallest absolute Gasteiger partial charge is 0.249 e. The maximum Gasteiger partial charge on any atom is 0.249 e. The van der Waals surface area contributed by atoms with Gasteiger partial charge in [-0.05, 0) is 31.2 Å². The second-order valence-electron chi connectivity index (χ2n) is 5.21. The fraction of sp³-hybridized carbons (Fsp3) is 0.0556. The number of nitrogens with zero attached hydrogens (tertiary/aromatic N) is 4. The van der Waals surface area contributed by atoms with Crippen molar-refractivity contribution in [1.29, 1.82) is 5.26 Å². The van der Waals surface area contributed by atoms with Crippen molar-refractivity contribution in [3.05, 3.63) is 65.9 Å². The zero-order valence-corrected chi connectivity index (χ0v) is 13.4. The molecule has 25 heavy (non-hydrogen) atoms. The van der Waals surface area contributed by atoms with Crippen LogP contribution >= 0.6 is 0 Å². The molecule has 2 aromatic carbocycles. The first-order valence-electron chi connectivity index (χ1n) is 7.49. The van der Waals surface area contributed by atoms with E-state index in [0.29, 0.717) is 22.6 Å². The van der Waals surface area contributed by atoms with E-state index in [9.17, 15) is 4.79 Å². The topological polar surface area (TPSA) is 104 Å². The largest absolute Gasteiger partial charge is 0.339 e. The minimum absolute atomic E-state index is 0.0140. The van der Waals surface area contributed by atoms with E-state index in [0.717, 1.165) is 5.69 Å². The molecule has 3 rings (SSSR count). The van der Waals surface area contributed by atoms with Crippen LogP contribution in [0.1, 0.15) is 22.8 Å². The Hall–Kier alpha value is -3.79. The molecule has 122 valence electrons. The molecule has 1 heterocycles. The number of hydrogen-bond acceptors (Lipinski definition) is 7. The number of para-hydroxylation sites is 1. The summed E-state index contributed by atoms with van der Waals surface area (Å²) in [6, 6.07) is 16.3. The number of rotatable bonds is 5. The third kappa shape index (κ3) is 3.95. The first-order chi connectivity index (χ1) is 12.2. The van der Waals surface area contributed by atoms with Gasteiger partial charge in [-0.1, -0.05) is 24.3 Å². The summed E-state index contributed by atoms with van der Waals surface area (Å²) in [6.07, 6.45) is 1.47. The molecule has 2 N–H and O–H groups in total. The van der Waals surface area contributed by atoms with E-state index in [1.165, 1.54) is 13.1 Å². The Morgan fingerprint density at radius 2 is 1.96 bits per heavy atom. The average Bonchev–Trinajstić information content (AvgIpc) is 2.63. The van der Waals surface area contributed by atoms with Gasteiger partial charge in [0.15, 0.2) is 11.6 Å². The fourth-order valence-corrected chi connectivity index (χ4v) is 2.19. The van der Waals surface area contributed by atoms with Crippen LogP contribution in [0.5, 0.6) is 0 Å².